The molecule has 2 fully saturated rings. The molecule has 2 atom stereocenters. The highest BCUT2D eigenvalue weighted by molar-refractivity contribution is 7.90. The van der Waals surface area contributed by atoms with Crippen molar-refractivity contribution >= 4 is 27.3 Å². The minimum Gasteiger partial charge on any atom is -0.393 e. The number of aromatic nitrogens is 7. The van der Waals surface area contributed by atoms with Gasteiger partial charge in [-0.2, -0.15) is 14.3 Å². The Bertz CT molecular complexity index is 1700. The maximum atomic E-state index is 12.5. The summed E-state index contributed by atoms with van der Waals surface area (Å²) in [5, 5.41) is 24.8. The molecule has 4 heterocycles. The van der Waals surface area contributed by atoms with E-state index in [4.69, 9.17) is 0 Å². The molecule has 0 unspecified atom stereocenters. The lowest BCUT2D eigenvalue weighted by Gasteiger charge is -2.28. The van der Waals surface area contributed by atoms with Crippen molar-refractivity contribution in [3.63, 3.8) is 0 Å². The minimum absolute atomic E-state index is 0.118. The highest BCUT2D eigenvalue weighted by Gasteiger charge is 2.37. The van der Waals surface area contributed by atoms with Gasteiger partial charge in [-0.1, -0.05) is 11.8 Å². The Morgan fingerprint density at radius 3 is 2.67 bits per heavy atom. The number of nitrogens with one attached hydrogen (secondary N) is 2. The maximum Gasteiger partial charge on any atom is 0.256 e. The number of aliphatic hydroxyl groups excluding tert-OH is 1. The molecule has 6 rings (SSSR count). The van der Waals surface area contributed by atoms with Crippen molar-refractivity contribution in [2.24, 2.45) is 7.05 Å². The number of rotatable bonds is 7. The summed E-state index contributed by atoms with van der Waals surface area (Å²) in [5.41, 5.74) is 2.82. The molecule has 0 spiro atoms. The van der Waals surface area contributed by atoms with Crippen molar-refractivity contribution in [1.29, 1.82) is 0 Å². The summed E-state index contributed by atoms with van der Waals surface area (Å²) in [6, 6.07) is 3.69. The van der Waals surface area contributed by atoms with Gasteiger partial charge in [-0.05, 0) is 44.6 Å². The smallest absolute Gasteiger partial charge is 0.256 e. The Morgan fingerprint density at radius 2 is 1.90 bits per heavy atom. The number of nitrogens with zero attached hydrogens (tertiary/aromatic N) is 7. The van der Waals surface area contributed by atoms with Crippen LogP contribution in [0.3, 0.4) is 0 Å². The first kappa shape index (κ1) is 26.0. The van der Waals surface area contributed by atoms with Crippen LogP contribution in [0.5, 0.6) is 0 Å². The third-order valence-electron chi connectivity index (χ3n) is 6.89. The van der Waals surface area contributed by atoms with Crippen molar-refractivity contribution in [1.82, 2.24) is 33.9 Å². The van der Waals surface area contributed by atoms with E-state index >= 15 is 0 Å². The summed E-state index contributed by atoms with van der Waals surface area (Å²) in [7, 11) is -1.63. The van der Waals surface area contributed by atoms with Crippen LogP contribution in [0.1, 0.15) is 49.7 Å². The molecular weight excluding hydrogens is 530 g/mol. The summed E-state index contributed by atoms with van der Waals surface area (Å²) in [6.07, 6.45) is 14.1. The summed E-state index contributed by atoms with van der Waals surface area (Å²) >= 11 is 0. The van der Waals surface area contributed by atoms with Gasteiger partial charge >= 0.3 is 0 Å². The molecular formula is C27H29N9O3S. The van der Waals surface area contributed by atoms with Crippen LogP contribution in [0, 0.1) is 11.8 Å². The van der Waals surface area contributed by atoms with Crippen molar-refractivity contribution in [3.8, 4) is 23.2 Å². The molecule has 2 aliphatic rings. The van der Waals surface area contributed by atoms with Gasteiger partial charge in [0.15, 0.2) is 5.82 Å². The van der Waals surface area contributed by atoms with Gasteiger partial charge < -0.3 is 15.7 Å². The van der Waals surface area contributed by atoms with Crippen LogP contribution in [0.15, 0.2) is 49.3 Å². The first-order valence-corrected chi connectivity index (χ1v) is 14.7. The van der Waals surface area contributed by atoms with E-state index in [1.54, 1.807) is 29.3 Å². The van der Waals surface area contributed by atoms with Crippen LogP contribution in [0.2, 0.25) is 0 Å². The molecule has 2 saturated carbocycles. The van der Waals surface area contributed by atoms with Gasteiger partial charge in [0.25, 0.3) is 10.0 Å². The molecule has 4 aromatic heterocycles. The third kappa shape index (κ3) is 5.83. The molecule has 2 aliphatic carbocycles. The fourth-order valence-corrected chi connectivity index (χ4v) is 6.14. The van der Waals surface area contributed by atoms with Crippen molar-refractivity contribution in [2.75, 3.05) is 10.6 Å². The quantitative estimate of drug-likeness (QED) is 0.288. The summed E-state index contributed by atoms with van der Waals surface area (Å²) in [4.78, 5) is 13.4. The first-order valence-electron chi connectivity index (χ1n) is 13.2. The van der Waals surface area contributed by atoms with Crippen LogP contribution < -0.4 is 10.6 Å². The average molecular weight is 560 g/mol. The predicted octanol–water partition coefficient (Wildman–Crippen LogP) is 2.67. The van der Waals surface area contributed by atoms with E-state index in [1.165, 1.54) is 12.4 Å². The lowest BCUT2D eigenvalue weighted by atomic mass is 9.92. The Labute approximate surface area is 231 Å². The molecule has 0 radical (unpaired) electrons. The zero-order valence-electron chi connectivity index (χ0n) is 21.9. The van der Waals surface area contributed by atoms with E-state index in [0.29, 0.717) is 42.3 Å². The number of hydrogen-bond acceptors (Lipinski definition) is 10. The minimum atomic E-state index is -3.47. The molecule has 0 aliphatic heterocycles. The van der Waals surface area contributed by atoms with Gasteiger partial charge in [0.05, 0.1) is 52.3 Å². The molecule has 4 aromatic rings. The van der Waals surface area contributed by atoms with E-state index in [0.717, 1.165) is 40.2 Å². The topological polar surface area (TPSA) is 153 Å². The van der Waals surface area contributed by atoms with Gasteiger partial charge in [-0.25, -0.2) is 23.4 Å². The second kappa shape index (κ2) is 10.7. The maximum absolute atomic E-state index is 12.5. The Hall–Kier alpha value is -4.28. The van der Waals surface area contributed by atoms with Crippen molar-refractivity contribution in [3.05, 3.63) is 60.4 Å². The number of aliphatic hydroxyl groups is 1. The fourth-order valence-electron chi connectivity index (χ4n) is 4.66. The molecule has 13 heteroatoms. The van der Waals surface area contributed by atoms with Gasteiger partial charge in [0.2, 0.25) is 0 Å². The number of aryl methyl sites for hydroxylation is 1. The highest BCUT2D eigenvalue weighted by atomic mass is 32.2. The monoisotopic (exact) mass is 559 g/mol. The number of hydrogen-bond donors (Lipinski definition) is 3. The van der Waals surface area contributed by atoms with Gasteiger partial charge in [0, 0.05) is 37.7 Å². The molecule has 0 amide bonds. The summed E-state index contributed by atoms with van der Waals surface area (Å²) in [5.74, 6) is 7.70. The highest BCUT2D eigenvalue weighted by Crippen LogP contribution is 2.30. The van der Waals surface area contributed by atoms with Crippen LogP contribution in [0.4, 0.5) is 17.3 Å². The summed E-state index contributed by atoms with van der Waals surface area (Å²) in [6.45, 7) is 0. The van der Waals surface area contributed by atoms with Crippen LogP contribution in [0.25, 0.3) is 11.4 Å². The van der Waals surface area contributed by atoms with E-state index in [1.807, 2.05) is 19.3 Å². The Kier molecular flexibility index (Phi) is 6.95. The molecule has 12 nitrogen and oxygen atoms in total. The molecule has 0 aromatic carbocycles. The molecule has 0 bridgehead atoms. The number of pyridine rings is 1. The van der Waals surface area contributed by atoms with E-state index < -0.39 is 10.0 Å². The SMILES string of the molecule is Cn1cc(C#Cc2cnc(Nc3ccnc(-c4cnn(S(=O)(=O)C5CC5)c4)n3)cc2N[C@H]2CCC[C@H](O)C2)cn1. The van der Waals surface area contributed by atoms with Gasteiger partial charge in [-0.15, -0.1) is 0 Å². The zero-order valence-corrected chi connectivity index (χ0v) is 22.7. The molecule has 0 saturated heterocycles. The average Bonchev–Trinajstić information content (AvgIpc) is 3.53. The molecule has 40 heavy (non-hydrogen) atoms. The van der Waals surface area contributed by atoms with E-state index in [2.05, 4.69) is 47.6 Å². The largest absolute Gasteiger partial charge is 0.393 e. The van der Waals surface area contributed by atoms with E-state index in [-0.39, 0.29) is 17.4 Å². The fraction of sp³-hybridized carbons (Fsp3) is 0.370. The van der Waals surface area contributed by atoms with E-state index in [9.17, 15) is 13.5 Å². The van der Waals surface area contributed by atoms with Crippen LogP contribution >= 0.6 is 0 Å². The second-order valence-corrected chi connectivity index (χ2v) is 12.2. The predicted molar refractivity (Wildman–Crippen MR) is 149 cm³/mol. The molecule has 3 N–H and O–H groups in total. The van der Waals surface area contributed by atoms with Crippen LogP contribution in [-0.4, -0.2) is 64.8 Å². The van der Waals surface area contributed by atoms with Crippen molar-refractivity contribution < 1.29 is 13.5 Å². The normalized spacial score (nSPS) is 19.1. The van der Waals surface area contributed by atoms with Crippen LogP contribution in [-0.2, 0) is 17.1 Å². The standard InChI is InChI=1S/C27H29N9O3S/c1-35-16-18(13-30-35)5-6-19-14-29-26(12-24(19)32-21-3-2-4-22(37)11-21)33-25-9-10-28-27(34-25)20-15-31-36(17-20)40(38,39)23-7-8-23/h9-10,12-17,21-23,37H,2-4,7-8,11H2,1H3,(H2,28,29,32,33,34)/t21-,22-/m0/s1. The van der Waals surface area contributed by atoms with Crippen molar-refractivity contribution in [2.45, 2.75) is 55.9 Å². The Morgan fingerprint density at radius 1 is 1.02 bits per heavy atom. The first-order chi connectivity index (χ1) is 19.3. The van der Waals surface area contributed by atoms with Gasteiger partial charge in [0.1, 0.15) is 11.6 Å². The molecule has 206 valence electrons. The lowest BCUT2D eigenvalue weighted by Crippen LogP contribution is -2.30. The zero-order chi connectivity index (χ0) is 27.7. The number of anilines is 3. The second-order valence-electron chi connectivity index (χ2n) is 10.2. The van der Waals surface area contributed by atoms with Gasteiger partial charge in [-0.3, -0.25) is 4.68 Å². The lowest BCUT2D eigenvalue weighted by molar-refractivity contribution is 0.124. The summed E-state index contributed by atoms with van der Waals surface area (Å²) < 4.78 is 27.7. The third-order valence-corrected chi connectivity index (χ3v) is 8.93. The Balaban J connectivity index is 1.25.